The van der Waals surface area contributed by atoms with Crippen LogP contribution >= 0.6 is 11.8 Å². The van der Waals surface area contributed by atoms with Crippen molar-refractivity contribution in [3.8, 4) is 5.75 Å². The number of para-hydroxylation sites is 1. The Morgan fingerprint density at radius 3 is 2.50 bits per heavy atom. The van der Waals surface area contributed by atoms with Crippen molar-refractivity contribution in [3.63, 3.8) is 0 Å². The van der Waals surface area contributed by atoms with Crippen LogP contribution in [0.2, 0.25) is 0 Å². The van der Waals surface area contributed by atoms with Gasteiger partial charge in [0.2, 0.25) is 0 Å². The molecule has 0 atom stereocenters. The molecule has 0 amide bonds. The molecule has 2 nitrogen and oxygen atoms in total. The van der Waals surface area contributed by atoms with Gasteiger partial charge in [-0.2, -0.15) is 0 Å². The summed E-state index contributed by atoms with van der Waals surface area (Å²) >= 11 is 1.77. The van der Waals surface area contributed by atoms with Gasteiger partial charge in [0.05, 0.1) is 6.61 Å². The van der Waals surface area contributed by atoms with Gasteiger partial charge in [-0.25, -0.2) is 0 Å². The van der Waals surface area contributed by atoms with Gasteiger partial charge in [-0.05, 0) is 42.8 Å². The Labute approximate surface area is 112 Å². The van der Waals surface area contributed by atoms with Crippen molar-refractivity contribution in [1.29, 1.82) is 0 Å². The molecule has 0 heterocycles. The van der Waals surface area contributed by atoms with Crippen molar-refractivity contribution in [2.24, 2.45) is 0 Å². The maximum Gasteiger partial charge on any atom is 0.122 e. The number of hydrogen-bond acceptors (Lipinski definition) is 3. The molecule has 0 saturated carbocycles. The third kappa shape index (κ3) is 3.70. The lowest BCUT2D eigenvalue weighted by molar-refractivity contribution is 0.341. The molecule has 3 heteroatoms. The van der Waals surface area contributed by atoms with Crippen LogP contribution in [0.4, 0.5) is 5.69 Å². The summed E-state index contributed by atoms with van der Waals surface area (Å²) in [5.41, 5.74) is 7.62. The highest BCUT2D eigenvalue weighted by Gasteiger charge is 1.98. The van der Waals surface area contributed by atoms with E-state index in [1.54, 1.807) is 11.8 Å². The van der Waals surface area contributed by atoms with Crippen molar-refractivity contribution in [3.05, 3.63) is 54.1 Å². The number of anilines is 1. The Kier molecular flexibility index (Phi) is 4.53. The Bertz CT molecular complexity index is 496. The number of rotatable bonds is 5. The average molecular weight is 259 g/mol. The summed E-state index contributed by atoms with van der Waals surface area (Å²) in [6, 6.07) is 16.0. The smallest absolute Gasteiger partial charge is 0.122 e. The van der Waals surface area contributed by atoms with Crippen molar-refractivity contribution < 1.29 is 4.74 Å². The first kappa shape index (κ1) is 12.8. The Morgan fingerprint density at radius 2 is 1.78 bits per heavy atom. The molecular weight excluding hydrogens is 242 g/mol. The zero-order valence-electron chi connectivity index (χ0n) is 10.4. The van der Waals surface area contributed by atoms with Crippen LogP contribution in [-0.2, 0) is 0 Å². The van der Waals surface area contributed by atoms with E-state index < -0.39 is 0 Å². The van der Waals surface area contributed by atoms with Crippen LogP contribution in [-0.4, -0.2) is 12.4 Å². The average Bonchev–Trinajstić information content (AvgIpc) is 2.39. The highest BCUT2D eigenvalue weighted by Crippen LogP contribution is 2.20. The topological polar surface area (TPSA) is 35.2 Å². The van der Waals surface area contributed by atoms with Gasteiger partial charge in [0.15, 0.2) is 0 Å². The van der Waals surface area contributed by atoms with Gasteiger partial charge < -0.3 is 10.5 Å². The quantitative estimate of drug-likeness (QED) is 0.504. The van der Waals surface area contributed by atoms with Gasteiger partial charge in [-0.15, -0.1) is 11.8 Å². The van der Waals surface area contributed by atoms with Crippen LogP contribution in [0.15, 0.2) is 53.4 Å². The molecule has 18 heavy (non-hydrogen) atoms. The second kappa shape index (κ2) is 6.36. The molecule has 0 unspecified atom stereocenters. The van der Waals surface area contributed by atoms with Gasteiger partial charge in [0, 0.05) is 16.3 Å². The minimum absolute atomic E-state index is 0.708. The van der Waals surface area contributed by atoms with E-state index in [4.69, 9.17) is 10.5 Å². The highest BCUT2D eigenvalue weighted by molar-refractivity contribution is 7.99. The molecule has 0 radical (unpaired) electrons. The van der Waals surface area contributed by atoms with Crippen molar-refractivity contribution in [2.45, 2.75) is 11.8 Å². The number of thioether (sulfide) groups is 1. The van der Waals surface area contributed by atoms with Gasteiger partial charge in [0.25, 0.3) is 0 Å². The highest BCUT2D eigenvalue weighted by atomic mass is 32.2. The first-order valence-corrected chi connectivity index (χ1v) is 6.91. The van der Waals surface area contributed by atoms with Gasteiger partial charge in [-0.3, -0.25) is 0 Å². The van der Waals surface area contributed by atoms with E-state index in [0.717, 1.165) is 17.2 Å². The van der Waals surface area contributed by atoms with Crippen molar-refractivity contribution >= 4 is 17.4 Å². The van der Waals surface area contributed by atoms with E-state index >= 15 is 0 Å². The largest absolute Gasteiger partial charge is 0.492 e. The minimum Gasteiger partial charge on any atom is -0.492 e. The summed E-state index contributed by atoms with van der Waals surface area (Å²) in [7, 11) is 0. The number of hydrogen-bond donors (Lipinski definition) is 1. The van der Waals surface area contributed by atoms with Crippen LogP contribution in [0.3, 0.4) is 0 Å². The first-order valence-electron chi connectivity index (χ1n) is 5.92. The maximum absolute atomic E-state index is 5.74. The molecular formula is C15H17NOS. The zero-order valence-corrected chi connectivity index (χ0v) is 11.2. The maximum atomic E-state index is 5.74. The van der Waals surface area contributed by atoms with Crippen LogP contribution in [0, 0.1) is 6.92 Å². The fourth-order valence-corrected chi connectivity index (χ4v) is 2.32. The predicted octanol–water partition coefficient (Wildman–Crippen LogP) is 3.75. The lowest BCUT2D eigenvalue weighted by atomic mass is 10.2. The van der Waals surface area contributed by atoms with E-state index in [9.17, 15) is 0 Å². The Morgan fingerprint density at radius 1 is 1.06 bits per heavy atom. The van der Waals surface area contributed by atoms with Gasteiger partial charge in [0.1, 0.15) is 5.75 Å². The third-order valence-corrected chi connectivity index (χ3v) is 3.56. The second-order valence-corrected chi connectivity index (χ2v) is 5.20. The molecule has 0 saturated heterocycles. The second-order valence-electron chi connectivity index (χ2n) is 4.03. The molecule has 0 aromatic heterocycles. The van der Waals surface area contributed by atoms with Crippen LogP contribution < -0.4 is 10.5 Å². The normalized spacial score (nSPS) is 10.3. The summed E-state index contributed by atoms with van der Waals surface area (Å²) in [5, 5.41) is 0. The number of benzene rings is 2. The molecule has 2 aromatic carbocycles. The monoisotopic (exact) mass is 259 g/mol. The van der Waals surface area contributed by atoms with Crippen LogP contribution in [0.1, 0.15) is 5.56 Å². The number of nitrogens with two attached hydrogens (primary N) is 1. The molecule has 2 N–H and O–H groups in total. The summed E-state index contributed by atoms with van der Waals surface area (Å²) in [5.74, 6) is 1.90. The van der Waals surface area contributed by atoms with Crippen molar-refractivity contribution in [1.82, 2.24) is 0 Å². The molecule has 0 aliphatic rings. The van der Waals surface area contributed by atoms with E-state index in [2.05, 4.69) is 13.0 Å². The molecule has 0 aliphatic heterocycles. The predicted molar refractivity (Wildman–Crippen MR) is 78.3 cm³/mol. The SMILES string of the molecule is Cc1ccccc1OCCSc1ccc(N)cc1. The summed E-state index contributed by atoms with van der Waals surface area (Å²) in [6.45, 7) is 2.77. The molecule has 2 rings (SSSR count). The van der Waals surface area contributed by atoms with Gasteiger partial charge in [-0.1, -0.05) is 18.2 Å². The van der Waals surface area contributed by atoms with E-state index in [1.807, 2.05) is 42.5 Å². The van der Waals surface area contributed by atoms with Gasteiger partial charge >= 0.3 is 0 Å². The molecule has 94 valence electrons. The van der Waals surface area contributed by atoms with Crippen molar-refractivity contribution in [2.75, 3.05) is 18.1 Å². The fourth-order valence-electron chi connectivity index (χ4n) is 1.59. The standard InChI is InChI=1S/C15H17NOS/c1-12-4-2-3-5-15(12)17-10-11-18-14-8-6-13(16)7-9-14/h2-9H,10-11,16H2,1H3. The minimum atomic E-state index is 0.708. The Balaban J connectivity index is 1.76. The summed E-state index contributed by atoms with van der Waals surface area (Å²) in [6.07, 6.45) is 0. The lowest BCUT2D eigenvalue weighted by Crippen LogP contribution is -2.01. The zero-order chi connectivity index (χ0) is 12.8. The summed E-state index contributed by atoms with van der Waals surface area (Å²) in [4.78, 5) is 1.22. The molecule has 0 spiro atoms. The first-order chi connectivity index (χ1) is 8.75. The van der Waals surface area contributed by atoms with E-state index in [-0.39, 0.29) is 0 Å². The molecule has 0 bridgehead atoms. The molecule has 2 aromatic rings. The van der Waals surface area contributed by atoms with Crippen LogP contribution in [0.25, 0.3) is 0 Å². The van der Waals surface area contributed by atoms with E-state index in [0.29, 0.717) is 6.61 Å². The lowest BCUT2D eigenvalue weighted by Gasteiger charge is -2.08. The summed E-state index contributed by atoms with van der Waals surface area (Å²) < 4.78 is 5.74. The third-order valence-electron chi connectivity index (χ3n) is 2.58. The number of nitrogen functional groups attached to an aromatic ring is 1. The Hall–Kier alpha value is -1.61. The fraction of sp³-hybridized carbons (Fsp3) is 0.200. The van der Waals surface area contributed by atoms with Crippen LogP contribution in [0.5, 0.6) is 5.75 Å². The number of aryl methyl sites for hydroxylation is 1. The molecule has 0 fully saturated rings. The number of ether oxygens (including phenoxy) is 1. The van der Waals surface area contributed by atoms with E-state index in [1.165, 1.54) is 10.5 Å². The molecule has 0 aliphatic carbocycles.